The first kappa shape index (κ1) is 14.2. The van der Waals surface area contributed by atoms with Gasteiger partial charge in [0.2, 0.25) is 0 Å². The third kappa shape index (κ3) is 2.57. The summed E-state index contributed by atoms with van der Waals surface area (Å²) in [7, 11) is 1.91. The Morgan fingerprint density at radius 2 is 2.18 bits per heavy atom. The molecule has 0 aliphatic heterocycles. The van der Waals surface area contributed by atoms with Crippen LogP contribution in [0.1, 0.15) is 41.8 Å². The van der Waals surface area contributed by atoms with E-state index in [9.17, 15) is 4.79 Å². The predicted molar refractivity (Wildman–Crippen MR) is 82.4 cm³/mol. The molecule has 114 valence electrons. The van der Waals surface area contributed by atoms with Crippen LogP contribution < -0.4 is 5.32 Å². The van der Waals surface area contributed by atoms with E-state index in [1.807, 2.05) is 23.7 Å². The summed E-state index contributed by atoms with van der Waals surface area (Å²) >= 11 is 0. The van der Waals surface area contributed by atoms with Gasteiger partial charge in [0.15, 0.2) is 5.82 Å². The van der Waals surface area contributed by atoms with E-state index in [1.165, 1.54) is 0 Å². The third-order valence-electron chi connectivity index (χ3n) is 3.62. The number of amides is 1. The van der Waals surface area contributed by atoms with Gasteiger partial charge < -0.3 is 9.88 Å². The molecule has 0 fully saturated rings. The Morgan fingerprint density at radius 3 is 2.91 bits per heavy atom. The number of H-pyrrole nitrogens is 1. The monoisotopic (exact) mass is 298 g/mol. The largest absolute Gasteiger partial charge is 0.345 e. The highest BCUT2D eigenvalue weighted by atomic mass is 16.1. The van der Waals surface area contributed by atoms with Gasteiger partial charge in [0.05, 0.1) is 18.3 Å². The average Bonchev–Trinajstić information content (AvgIpc) is 3.10. The fourth-order valence-electron chi connectivity index (χ4n) is 2.38. The van der Waals surface area contributed by atoms with Crippen LogP contribution in [0.2, 0.25) is 0 Å². The van der Waals surface area contributed by atoms with Crippen LogP contribution in [0.5, 0.6) is 0 Å². The number of carbonyl (C=O) groups is 1. The van der Waals surface area contributed by atoms with Crippen molar-refractivity contribution in [3.05, 3.63) is 41.6 Å². The summed E-state index contributed by atoms with van der Waals surface area (Å²) in [5.41, 5.74) is 1.51. The molecule has 3 rings (SSSR count). The lowest BCUT2D eigenvalue weighted by Gasteiger charge is -2.07. The summed E-state index contributed by atoms with van der Waals surface area (Å²) in [6.07, 6.45) is 1.70. The van der Waals surface area contributed by atoms with Gasteiger partial charge in [-0.1, -0.05) is 13.8 Å². The molecule has 0 radical (unpaired) electrons. The minimum Gasteiger partial charge on any atom is -0.345 e. The zero-order valence-corrected chi connectivity index (χ0v) is 12.8. The van der Waals surface area contributed by atoms with Crippen molar-refractivity contribution in [3.8, 4) is 0 Å². The van der Waals surface area contributed by atoms with Gasteiger partial charge in [-0.25, -0.2) is 0 Å². The van der Waals surface area contributed by atoms with Crippen LogP contribution in [0.15, 0.2) is 24.4 Å². The molecule has 7 nitrogen and oxygen atoms in total. The molecule has 3 aromatic rings. The molecule has 0 unspecified atom stereocenters. The lowest BCUT2D eigenvalue weighted by Crippen LogP contribution is -2.24. The fourth-order valence-corrected chi connectivity index (χ4v) is 2.38. The number of fused-ring (bicyclic) bond motifs is 1. The van der Waals surface area contributed by atoms with Crippen LogP contribution in [0.4, 0.5) is 0 Å². The molecule has 1 aromatic carbocycles. The standard InChI is InChI=1S/C15H18N6O/c1-9(2)14-20-19-13(21(14)3)8-16-15(22)10-4-5-12-11(6-10)7-17-18-12/h4-7,9H,8H2,1-3H3,(H,16,22)(H,17,18). The summed E-state index contributed by atoms with van der Waals surface area (Å²) in [6, 6.07) is 5.42. The Morgan fingerprint density at radius 1 is 1.36 bits per heavy atom. The van der Waals surface area contributed by atoms with Gasteiger partial charge in [-0.15, -0.1) is 10.2 Å². The van der Waals surface area contributed by atoms with Crippen molar-refractivity contribution < 1.29 is 4.79 Å². The lowest BCUT2D eigenvalue weighted by atomic mass is 10.1. The predicted octanol–water partition coefficient (Wildman–Crippen LogP) is 1.74. The molecular formula is C15H18N6O. The van der Waals surface area contributed by atoms with Crippen molar-refractivity contribution in [1.82, 2.24) is 30.3 Å². The molecule has 22 heavy (non-hydrogen) atoms. The molecule has 0 atom stereocenters. The molecule has 2 aromatic heterocycles. The van der Waals surface area contributed by atoms with Crippen molar-refractivity contribution in [2.75, 3.05) is 0 Å². The normalized spacial score (nSPS) is 11.3. The lowest BCUT2D eigenvalue weighted by molar-refractivity contribution is 0.0949. The number of aromatic nitrogens is 5. The van der Waals surface area contributed by atoms with Crippen molar-refractivity contribution in [2.24, 2.45) is 7.05 Å². The van der Waals surface area contributed by atoms with Crippen LogP contribution in [0, 0.1) is 0 Å². The molecule has 0 aliphatic rings. The Bertz CT molecular complexity index is 816. The molecule has 2 heterocycles. The molecule has 0 saturated heterocycles. The molecule has 0 saturated carbocycles. The van der Waals surface area contributed by atoms with Crippen molar-refractivity contribution in [3.63, 3.8) is 0 Å². The zero-order chi connectivity index (χ0) is 15.7. The van der Waals surface area contributed by atoms with Gasteiger partial charge >= 0.3 is 0 Å². The van der Waals surface area contributed by atoms with Crippen molar-refractivity contribution in [2.45, 2.75) is 26.3 Å². The summed E-state index contributed by atoms with van der Waals surface area (Å²) in [6.45, 7) is 4.47. The first-order chi connectivity index (χ1) is 10.6. The highest BCUT2D eigenvalue weighted by molar-refractivity contribution is 5.97. The second-order valence-electron chi connectivity index (χ2n) is 5.54. The minimum atomic E-state index is -0.141. The summed E-state index contributed by atoms with van der Waals surface area (Å²) < 4.78 is 1.92. The Kier molecular flexibility index (Phi) is 3.62. The summed E-state index contributed by atoms with van der Waals surface area (Å²) in [4.78, 5) is 12.2. The number of benzene rings is 1. The van der Waals surface area contributed by atoms with E-state index in [-0.39, 0.29) is 5.91 Å². The van der Waals surface area contributed by atoms with Gasteiger partial charge in [0, 0.05) is 23.9 Å². The molecule has 1 amide bonds. The SMILES string of the molecule is CC(C)c1nnc(CNC(=O)c2ccc3[nH]ncc3c2)n1C. The first-order valence-corrected chi connectivity index (χ1v) is 7.15. The molecule has 0 aliphatic carbocycles. The number of carbonyl (C=O) groups excluding carboxylic acids is 1. The molecule has 2 N–H and O–H groups in total. The van der Waals surface area contributed by atoms with Gasteiger partial charge in [-0.05, 0) is 18.2 Å². The van der Waals surface area contributed by atoms with Gasteiger partial charge in [0.25, 0.3) is 5.91 Å². The molecule has 0 bridgehead atoms. The Hall–Kier alpha value is -2.70. The number of nitrogens with zero attached hydrogens (tertiary/aromatic N) is 4. The van der Waals surface area contributed by atoms with Crippen molar-refractivity contribution in [1.29, 1.82) is 0 Å². The van der Waals surface area contributed by atoms with Gasteiger partial charge in [-0.3, -0.25) is 9.89 Å². The van der Waals surface area contributed by atoms with Gasteiger partial charge in [0.1, 0.15) is 5.82 Å². The van der Waals surface area contributed by atoms with E-state index in [0.717, 1.165) is 22.6 Å². The number of aromatic amines is 1. The maximum Gasteiger partial charge on any atom is 0.251 e. The number of hydrogen-bond acceptors (Lipinski definition) is 4. The van der Waals surface area contributed by atoms with Crippen LogP contribution in [0.3, 0.4) is 0 Å². The Labute approximate surface area is 127 Å². The van der Waals surface area contributed by atoms with E-state index in [0.29, 0.717) is 18.0 Å². The van der Waals surface area contributed by atoms with E-state index < -0.39 is 0 Å². The van der Waals surface area contributed by atoms with Gasteiger partial charge in [-0.2, -0.15) is 5.10 Å². The van der Waals surface area contributed by atoms with E-state index in [1.54, 1.807) is 12.3 Å². The highest BCUT2D eigenvalue weighted by Crippen LogP contribution is 2.14. The molecular weight excluding hydrogens is 280 g/mol. The number of nitrogens with one attached hydrogen (secondary N) is 2. The number of hydrogen-bond donors (Lipinski definition) is 2. The van der Waals surface area contributed by atoms with Crippen LogP contribution in [-0.2, 0) is 13.6 Å². The quantitative estimate of drug-likeness (QED) is 0.768. The highest BCUT2D eigenvalue weighted by Gasteiger charge is 2.13. The average molecular weight is 298 g/mol. The topological polar surface area (TPSA) is 88.5 Å². The smallest absolute Gasteiger partial charge is 0.251 e. The Balaban J connectivity index is 1.72. The molecule has 0 spiro atoms. The summed E-state index contributed by atoms with van der Waals surface area (Å²) in [5, 5.41) is 18.9. The van der Waals surface area contributed by atoms with Crippen LogP contribution >= 0.6 is 0 Å². The van der Waals surface area contributed by atoms with E-state index >= 15 is 0 Å². The number of rotatable bonds is 4. The fraction of sp³-hybridized carbons (Fsp3) is 0.333. The maximum atomic E-state index is 12.2. The second kappa shape index (κ2) is 5.59. The molecule has 7 heteroatoms. The second-order valence-corrected chi connectivity index (χ2v) is 5.54. The van der Waals surface area contributed by atoms with E-state index in [4.69, 9.17) is 0 Å². The van der Waals surface area contributed by atoms with Crippen molar-refractivity contribution >= 4 is 16.8 Å². The van der Waals surface area contributed by atoms with E-state index in [2.05, 4.69) is 39.6 Å². The zero-order valence-electron chi connectivity index (χ0n) is 12.8. The minimum absolute atomic E-state index is 0.141. The third-order valence-corrected chi connectivity index (χ3v) is 3.62. The first-order valence-electron chi connectivity index (χ1n) is 7.15. The van der Waals surface area contributed by atoms with Crippen LogP contribution in [-0.4, -0.2) is 30.9 Å². The summed E-state index contributed by atoms with van der Waals surface area (Å²) in [5.74, 6) is 1.80. The van der Waals surface area contributed by atoms with Crippen LogP contribution in [0.25, 0.3) is 10.9 Å². The maximum absolute atomic E-state index is 12.2.